The quantitative estimate of drug-likeness (QED) is 0.0678. The Hall–Kier alpha value is -6.09. The van der Waals surface area contributed by atoms with Gasteiger partial charge in [-0.15, -0.1) is 0 Å². The van der Waals surface area contributed by atoms with Gasteiger partial charge in [0.15, 0.2) is 28.8 Å². The van der Waals surface area contributed by atoms with Crippen LogP contribution >= 0.6 is 11.6 Å². The lowest BCUT2D eigenvalue weighted by molar-refractivity contribution is -0.156. The van der Waals surface area contributed by atoms with Gasteiger partial charge in [-0.25, -0.2) is 4.79 Å². The molecule has 0 aromatic heterocycles. The number of para-hydroxylation sites is 2. The number of rotatable bonds is 15. The van der Waals surface area contributed by atoms with Gasteiger partial charge >= 0.3 is 5.97 Å². The van der Waals surface area contributed by atoms with Gasteiger partial charge in [0, 0.05) is 24.5 Å². The Labute approximate surface area is 308 Å². The van der Waals surface area contributed by atoms with Gasteiger partial charge in [0.2, 0.25) is 5.91 Å². The number of carboxylic acids is 1. The van der Waals surface area contributed by atoms with E-state index in [9.17, 15) is 54.3 Å². The maximum atomic E-state index is 13.8. The molecule has 3 aromatic rings. The lowest BCUT2D eigenvalue weighted by Crippen LogP contribution is -2.71. The summed E-state index contributed by atoms with van der Waals surface area (Å²) in [5, 5.41) is 55.0. The molecule has 53 heavy (non-hydrogen) atoms. The summed E-state index contributed by atoms with van der Waals surface area (Å²) in [5.74, 6) is -7.97. The van der Waals surface area contributed by atoms with E-state index in [4.69, 9.17) is 11.6 Å². The molecule has 1 fully saturated rings. The Morgan fingerprint density at radius 2 is 1.51 bits per heavy atom. The number of aromatic hydroxyl groups is 4. The number of Topliss-reactive ketones (excluding diaryl/α,β-unsaturated/α-hetero) is 1. The summed E-state index contributed by atoms with van der Waals surface area (Å²) in [7, 11) is 0. The molecule has 0 unspecified atom stereocenters. The molecule has 7 N–H and O–H groups in total. The second-order valence-corrected chi connectivity index (χ2v) is 13.1. The third kappa shape index (κ3) is 8.36. The maximum Gasteiger partial charge on any atom is 0.353 e. The fourth-order valence-corrected chi connectivity index (χ4v) is 6.67. The van der Waals surface area contributed by atoms with Gasteiger partial charge in [0.05, 0.1) is 29.6 Å². The number of carboxylic acid groups (broad SMARTS) is 1. The van der Waals surface area contributed by atoms with Crippen LogP contribution in [0.3, 0.4) is 0 Å². The van der Waals surface area contributed by atoms with Crippen LogP contribution in [0.5, 0.6) is 23.0 Å². The van der Waals surface area contributed by atoms with Crippen molar-refractivity contribution in [1.29, 1.82) is 0 Å². The van der Waals surface area contributed by atoms with Crippen LogP contribution in [0.4, 0.5) is 0 Å². The maximum absolute atomic E-state index is 13.8. The van der Waals surface area contributed by atoms with Gasteiger partial charge in [0.1, 0.15) is 11.7 Å². The number of aliphatic carboxylic acids is 1. The molecule has 278 valence electrons. The number of hydrogen-bond acceptors (Lipinski definition) is 10. The molecule has 0 bridgehead atoms. The summed E-state index contributed by atoms with van der Waals surface area (Å²) in [5.41, 5.74) is -0.267. The van der Waals surface area contributed by atoms with Crippen LogP contribution in [0.25, 0.3) is 0 Å². The third-order valence-corrected chi connectivity index (χ3v) is 9.50. The van der Waals surface area contributed by atoms with Crippen LogP contribution in [0.2, 0.25) is 0 Å². The molecule has 4 amide bonds. The zero-order chi connectivity index (χ0) is 38.4. The molecule has 2 aliphatic heterocycles. The number of phenols is 4. The fourth-order valence-electron chi connectivity index (χ4n) is 6.39. The first kappa shape index (κ1) is 38.1. The van der Waals surface area contributed by atoms with Crippen LogP contribution < -0.4 is 10.6 Å². The van der Waals surface area contributed by atoms with Crippen molar-refractivity contribution in [2.75, 3.05) is 19.6 Å². The number of hydrogen-bond donors (Lipinski definition) is 7. The number of halogens is 1. The van der Waals surface area contributed by atoms with E-state index in [-0.39, 0.29) is 47.8 Å². The summed E-state index contributed by atoms with van der Waals surface area (Å²) in [6.07, 6.45) is 0.698. The number of carbonyl (C=O) groups excluding carboxylic acids is 5. The predicted molar refractivity (Wildman–Crippen MR) is 188 cm³/mol. The lowest BCUT2D eigenvalue weighted by atomic mass is 9.85. The van der Waals surface area contributed by atoms with Crippen molar-refractivity contribution in [1.82, 2.24) is 20.4 Å². The Kier molecular flexibility index (Phi) is 11.9. The van der Waals surface area contributed by atoms with E-state index in [1.165, 1.54) is 36.4 Å². The average molecular weight is 749 g/mol. The number of nitrogens with one attached hydrogen (secondary N) is 2. The minimum absolute atomic E-state index is 0.0365. The summed E-state index contributed by atoms with van der Waals surface area (Å²) >= 11 is 6.08. The number of amides is 4. The average Bonchev–Trinajstić information content (AvgIpc) is 3.14. The minimum Gasteiger partial charge on any atom is -0.504 e. The first-order chi connectivity index (χ1) is 25.3. The van der Waals surface area contributed by atoms with Crippen molar-refractivity contribution in [2.24, 2.45) is 0 Å². The second-order valence-electron chi connectivity index (χ2n) is 12.6. The minimum atomic E-state index is -1.36. The number of β-lactam (4-membered cyclic amide) rings is 1. The van der Waals surface area contributed by atoms with Crippen LogP contribution in [0, 0.1) is 0 Å². The molecule has 0 spiro atoms. The number of allylic oxidation sites excluding steroid dienone is 1. The summed E-state index contributed by atoms with van der Waals surface area (Å²) in [6, 6.07) is 14.4. The van der Waals surface area contributed by atoms with Crippen molar-refractivity contribution in [3.05, 3.63) is 94.1 Å². The standard InChI is InChI=1S/C37H37ClN4O11/c38-25-14-15-26-29(36(51)42(26)30(25)37(52)53)40-34(49)24(20-8-2-1-3-9-20)18-21(43)19-41(35(50)23-11-7-13-28(45)32(23)47)17-5-4-16-39-33(48)22-10-6-12-27(44)31(22)46/h1-3,6-13,24,26,29,44-47H,4-5,14-19H2,(H,39,48)(H,40,49)(H,52,53)/t24-,26-,29+/m1/s1. The summed E-state index contributed by atoms with van der Waals surface area (Å²) in [4.78, 5) is 80.6. The van der Waals surface area contributed by atoms with Gasteiger partial charge < -0.3 is 41.1 Å². The van der Waals surface area contributed by atoms with Gasteiger partial charge in [0.25, 0.3) is 17.7 Å². The highest BCUT2D eigenvalue weighted by molar-refractivity contribution is 6.32. The van der Waals surface area contributed by atoms with Crippen LogP contribution in [-0.2, 0) is 19.2 Å². The Morgan fingerprint density at radius 3 is 2.17 bits per heavy atom. The van der Waals surface area contributed by atoms with E-state index >= 15 is 0 Å². The van der Waals surface area contributed by atoms with E-state index in [0.29, 0.717) is 18.4 Å². The van der Waals surface area contributed by atoms with E-state index in [2.05, 4.69) is 10.6 Å². The van der Waals surface area contributed by atoms with E-state index in [0.717, 1.165) is 9.80 Å². The van der Waals surface area contributed by atoms with E-state index < -0.39 is 89.3 Å². The number of fused-ring (bicyclic) bond motifs is 1. The largest absolute Gasteiger partial charge is 0.504 e. The highest BCUT2D eigenvalue weighted by Crippen LogP contribution is 2.38. The number of nitrogens with zero attached hydrogens (tertiary/aromatic N) is 2. The fraction of sp³-hybridized carbons (Fsp3) is 0.297. The highest BCUT2D eigenvalue weighted by atomic mass is 35.5. The molecular weight excluding hydrogens is 712 g/mol. The first-order valence-electron chi connectivity index (χ1n) is 16.7. The molecule has 2 heterocycles. The molecule has 2 aliphatic rings. The smallest absolute Gasteiger partial charge is 0.353 e. The molecule has 15 nitrogen and oxygen atoms in total. The van der Waals surface area contributed by atoms with Crippen molar-refractivity contribution in [2.45, 2.75) is 50.1 Å². The molecule has 0 aliphatic carbocycles. The van der Waals surface area contributed by atoms with Crippen LogP contribution in [0.15, 0.2) is 77.5 Å². The molecule has 1 saturated heterocycles. The van der Waals surface area contributed by atoms with E-state index in [1.54, 1.807) is 30.3 Å². The van der Waals surface area contributed by atoms with Crippen molar-refractivity contribution < 1.29 is 54.3 Å². The molecule has 0 radical (unpaired) electrons. The van der Waals surface area contributed by atoms with Gasteiger partial charge in [-0.05, 0) is 55.5 Å². The van der Waals surface area contributed by atoms with Crippen LogP contribution in [0.1, 0.15) is 64.3 Å². The number of unbranched alkanes of at least 4 members (excludes halogenated alkanes) is 1. The number of carbonyl (C=O) groups is 6. The molecule has 16 heteroatoms. The monoisotopic (exact) mass is 748 g/mol. The zero-order valence-corrected chi connectivity index (χ0v) is 29.0. The highest BCUT2D eigenvalue weighted by Gasteiger charge is 2.53. The summed E-state index contributed by atoms with van der Waals surface area (Å²) in [6.45, 7) is -0.435. The summed E-state index contributed by atoms with van der Waals surface area (Å²) < 4.78 is 0. The van der Waals surface area contributed by atoms with Gasteiger partial charge in [-0.1, -0.05) is 54.1 Å². The first-order valence-corrected chi connectivity index (χ1v) is 17.1. The Bertz CT molecular complexity index is 1970. The van der Waals surface area contributed by atoms with Crippen molar-refractivity contribution in [3.8, 4) is 23.0 Å². The van der Waals surface area contributed by atoms with Gasteiger partial charge in [-0.2, -0.15) is 0 Å². The topological polar surface area (TPSA) is 234 Å². The van der Waals surface area contributed by atoms with Crippen molar-refractivity contribution in [3.63, 3.8) is 0 Å². The van der Waals surface area contributed by atoms with Crippen LogP contribution in [-0.4, -0.2) is 102 Å². The number of ketones is 1. The third-order valence-electron chi connectivity index (χ3n) is 9.13. The predicted octanol–water partition coefficient (Wildman–Crippen LogP) is 2.93. The Balaban J connectivity index is 1.27. The van der Waals surface area contributed by atoms with Crippen molar-refractivity contribution >= 4 is 47.0 Å². The lowest BCUT2D eigenvalue weighted by Gasteiger charge is -2.49. The zero-order valence-electron chi connectivity index (χ0n) is 28.2. The Morgan fingerprint density at radius 1 is 0.868 bits per heavy atom. The second kappa shape index (κ2) is 16.5. The molecule has 0 saturated carbocycles. The van der Waals surface area contributed by atoms with E-state index in [1.807, 2.05) is 0 Å². The SMILES string of the molecule is O=C(C[C@@H](C(=O)N[C@@H]1C(=O)N2C(C(=O)O)=C(Cl)CC[C@H]12)c1ccccc1)CN(CCCCNC(=O)c1cccc(O)c1O)C(=O)c1cccc(O)c1O. The molecule has 3 atom stereocenters. The number of phenolic OH excluding ortho intramolecular Hbond substituents is 4. The van der Waals surface area contributed by atoms with Gasteiger partial charge in [-0.3, -0.25) is 28.9 Å². The number of benzene rings is 3. The normalized spacial score (nSPS) is 16.9. The molecular formula is C37H37ClN4O11. The molecule has 5 rings (SSSR count). The molecule has 3 aromatic carbocycles.